The molecule has 0 unspecified atom stereocenters. The van der Waals surface area contributed by atoms with Gasteiger partial charge in [-0.15, -0.1) is 0 Å². The SMILES string of the molecule is Cc1ccc(CNCc2cn(C)nc2C)o1. The molecular weight excluding hydrogens is 202 g/mol. The van der Waals surface area contributed by atoms with E-state index in [0.29, 0.717) is 0 Å². The van der Waals surface area contributed by atoms with Gasteiger partial charge in [-0.25, -0.2) is 0 Å². The summed E-state index contributed by atoms with van der Waals surface area (Å²) >= 11 is 0. The molecule has 0 aliphatic heterocycles. The van der Waals surface area contributed by atoms with Crippen LogP contribution in [0.25, 0.3) is 0 Å². The molecule has 2 rings (SSSR count). The van der Waals surface area contributed by atoms with Crippen molar-refractivity contribution in [2.24, 2.45) is 7.05 Å². The molecule has 2 aromatic rings. The van der Waals surface area contributed by atoms with Crippen molar-refractivity contribution in [2.75, 3.05) is 0 Å². The number of hydrogen-bond donors (Lipinski definition) is 1. The lowest BCUT2D eigenvalue weighted by atomic mass is 10.2. The summed E-state index contributed by atoms with van der Waals surface area (Å²) in [5, 5.41) is 7.63. The van der Waals surface area contributed by atoms with Crippen LogP contribution in [-0.4, -0.2) is 9.78 Å². The van der Waals surface area contributed by atoms with Gasteiger partial charge < -0.3 is 9.73 Å². The summed E-state index contributed by atoms with van der Waals surface area (Å²) < 4.78 is 7.31. The quantitative estimate of drug-likeness (QED) is 0.854. The lowest BCUT2D eigenvalue weighted by Gasteiger charge is -2.00. The number of rotatable bonds is 4. The Bertz CT molecular complexity index is 470. The largest absolute Gasteiger partial charge is 0.465 e. The third-order valence-electron chi connectivity index (χ3n) is 2.53. The van der Waals surface area contributed by atoms with Crippen molar-refractivity contribution in [1.29, 1.82) is 0 Å². The first kappa shape index (κ1) is 11.0. The first-order valence-corrected chi connectivity index (χ1v) is 5.40. The van der Waals surface area contributed by atoms with Crippen LogP contribution in [-0.2, 0) is 20.1 Å². The van der Waals surface area contributed by atoms with Crippen LogP contribution in [0.3, 0.4) is 0 Å². The lowest BCUT2D eigenvalue weighted by molar-refractivity contribution is 0.461. The Morgan fingerprint density at radius 1 is 1.31 bits per heavy atom. The minimum absolute atomic E-state index is 0.752. The van der Waals surface area contributed by atoms with E-state index in [1.807, 2.05) is 43.9 Å². The maximum Gasteiger partial charge on any atom is 0.117 e. The van der Waals surface area contributed by atoms with Crippen molar-refractivity contribution in [3.8, 4) is 0 Å². The van der Waals surface area contributed by atoms with E-state index in [1.54, 1.807) is 0 Å². The highest BCUT2D eigenvalue weighted by Crippen LogP contribution is 2.07. The van der Waals surface area contributed by atoms with E-state index in [0.717, 1.165) is 30.3 Å². The second kappa shape index (κ2) is 4.53. The van der Waals surface area contributed by atoms with E-state index in [1.165, 1.54) is 5.56 Å². The third kappa shape index (κ3) is 2.52. The molecule has 0 spiro atoms. The highest BCUT2D eigenvalue weighted by molar-refractivity contribution is 5.15. The Labute approximate surface area is 95.3 Å². The van der Waals surface area contributed by atoms with Gasteiger partial charge in [-0.2, -0.15) is 5.10 Å². The molecule has 0 aliphatic carbocycles. The molecular formula is C12H17N3O. The zero-order chi connectivity index (χ0) is 11.5. The van der Waals surface area contributed by atoms with Crippen molar-refractivity contribution >= 4 is 0 Å². The molecule has 0 bridgehead atoms. The van der Waals surface area contributed by atoms with E-state index in [-0.39, 0.29) is 0 Å². The maximum absolute atomic E-state index is 5.47. The van der Waals surface area contributed by atoms with Crippen LogP contribution in [0.1, 0.15) is 22.8 Å². The number of nitrogens with zero attached hydrogens (tertiary/aromatic N) is 2. The summed E-state index contributed by atoms with van der Waals surface area (Å²) in [6, 6.07) is 3.98. The van der Waals surface area contributed by atoms with E-state index in [9.17, 15) is 0 Å². The Kier molecular flexibility index (Phi) is 3.10. The van der Waals surface area contributed by atoms with Crippen molar-refractivity contribution in [3.05, 3.63) is 41.1 Å². The minimum Gasteiger partial charge on any atom is -0.465 e. The molecule has 4 nitrogen and oxygen atoms in total. The standard InChI is InChI=1S/C12H17N3O/c1-9-4-5-12(16-9)7-13-6-11-8-15(3)14-10(11)2/h4-5,8,13H,6-7H2,1-3H3. The molecule has 0 saturated carbocycles. The van der Waals surface area contributed by atoms with Gasteiger partial charge >= 0.3 is 0 Å². The van der Waals surface area contributed by atoms with Gasteiger partial charge in [0.05, 0.1) is 12.2 Å². The first-order chi connectivity index (χ1) is 7.65. The molecule has 4 heteroatoms. The van der Waals surface area contributed by atoms with Gasteiger partial charge in [0.2, 0.25) is 0 Å². The second-order valence-corrected chi connectivity index (χ2v) is 4.03. The van der Waals surface area contributed by atoms with Crippen LogP contribution in [0.2, 0.25) is 0 Å². The molecule has 0 aliphatic rings. The van der Waals surface area contributed by atoms with Gasteiger partial charge in [0.1, 0.15) is 11.5 Å². The topological polar surface area (TPSA) is 43.0 Å². The lowest BCUT2D eigenvalue weighted by Crippen LogP contribution is -2.12. The highest BCUT2D eigenvalue weighted by atomic mass is 16.3. The monoisotopic (exact) mass is 219 g/mol. The Hall–Kier alpha value is -1.55. The maximum atomic E-state index is 5.47. The molecule has 0 fully saturated rings. The predicted octanol–water partition coefficient (Wildman–Crippen LogP) is 1.92. The Morgan fingerprint density at radius 3 is 2.69 bits per heavy atom. The molecule has 0 aromatic carbocycles. The molecule has 0 saturated heterocycles. The number of aryl methyl sites for hydroxylation is 3. The van der Waals surface area contributed by atoms with E-state index in [2.05, 4.69) is 10.4 Å². The fourth-order valence-electron chi connectivity index (χ4n) is 1.72. The molecule has 2 heterocycles. The number of nitrogens with one attached hydrogen (secondary N) is 1. The molecule has 1 N–H and O–H groups in total. The van der Waals surface area contributed by atoms with Crippen molar-refractivity contribution < 1.29 is 4.42 Å². The molecule has 0 amide bonds. The average molecular weight is 219 g/mol. The van der Waals surface area contributed by atoms with Crippen molar-refractivity contribution in [3.63, 3.8) is 0 Å². The summed E-state index contributed by atoms with van der Waals surface area (Å²) in [6.07, 6.45) is 2.04. The molecule has 0 atom stereocenters. The number of furan rings is 1. The Morgan fingerprint density at radius 2 is 2.12 bits per heavy atom. The first-order valence-electron chi connectivity index (χ1n) is 5.40. The summed E-state index contributed by atoms with van der Waals surface area (Å²) in [5.74, 6) is 1.92. The van der Waals surface area contributed by atoms with Crippen LogP contribution in [0.4, 0.5) is 0 Å². The van der Waals surface area contributed by atoms with E-state index < -0.39 is 0 Å². The van der Waals surface area contributed by atoms with Crippen molar-refractivity contribution in [2.45, 2.75) is 26.9 Å². The smallest absolute Gasteiger partial charge is 0.117 e. The van der Waals surface area contributed by atoms with Gasteiger partial charge in [-0.05, 0) is 26.0 Å². The normalized spacial score (nSPS) is 10.9. The van der Waals surface area contributed by atoms with Crippen LogP contribution >= 0.6 is 0 Å². The Balaban J connectivity index is 1.86. The summed E-state index contributed by atoms with van der Waals surface area (Å²) in [7, 11) is 1.94. The van der Waals surface area contributed by atoms with Crippen LogP contribution < -0.4 is 5.32 Å². The van der Waals surface area contributed by atoms with Crippen LogP contribution in [0.5, 0.6) is 0 Å². The summed E-state index contributed by atoms with van der Waals surface area (Å²) in [4.78, 5) is 0. The van der Waals surface area contributed by atoms with Gasteiger partial charge in [0.15, 0.2) is 0 Å². The highest BCUT2D eigenvalue weighted by Gasteiger charge is 2.03. The van der Waals surface area contributed by atoms with Gasteiger partial charge in [-0.1, -0.05) is 0 Å². The number of hydrogen-bond acceptors (Lipinski definition) is 3. The zero-order valence-electron chi connectivity index (χ0n) is 9.95. The molecule has 86 valence electrons. The summed E-state index contributed by atoms with van der Waals surface area (Å²) in [6.45, 7) is 5.55. The van der Waals surface area contributed by atoms with Gasteiger partial charge in [-0.3, -0.25) is 4.68 Å². The molecule has 16 heavy (non-hydrogen) atoms. The zero-order valence-corrected chi connectivity index (χ0v) is 9.95. The predicted molar refractivity (Wildman–Crippen MR) is 61.9 cm³/mol. The average Bonchev–Trinajstić information content (AvgIpc) is 2.74. The van der Waals surface area contributed by atoms with Crippen LogP contribution in [0, 0.1) is 13.8 Å². The van der Waals surface area contributed by atoms with Crippen LogP contribution in [0.15, 0.2) is 22.7 Å². The second-order valence-electron chi connectivity index (χ2n) is 4.03. The molecule has 2 aromatic heterocycles. The minimum atomic E-state index is 0.752. The fraction of sp³-hybridized carbons (Fsp3) is 0.417. The third-order valence-corrected chi connectivity index (χ3v) is 2.53. The van der Waals surface area contributed by atoms with E-state index in [4.69, 9.17) is 4.42 Å². The number of aromatic nitrogens is 2. The van der Waals surface area contributed by atoms with Gasteiger partial charge in [0.25, 0.3) is 0 Å². The van der Waals surface area contributed by atoms with Gasteiger partial charge in [0, 0.05) is 25.4 Å². The molecule has 0 radical (unpaired) electrons. The van der Waals surface area contributed by atoms with E-state index >= 15 is 0 Å². The fourth-order valence-corrected chi connectivity index (χ4v) is 1.72. The summed E-state index contributed by atoms with van der Waals surface area (Å²) in [5.41, 5.74) is 2.30. The van der Waals surface area contributed by atoms with Crippen molar-refractivity contribution in [1.82, 2.24) is 15.1 Å².